The Morgan fingerprint density at radius 1 is 1.05 bits per heavy atom. The molecule has 0 N–H and O–H groups in total. The Labute approximate surface area is 129 Å². The Kier molecular flexibility index (Phi) is 5.64. The highest BCUT2D eigenvalue weighted by atomic mass is 32.2. The molecule has 0 saturated carbocycles. The molecule has 0 atom stereocenters. The van der Waals surface area contributed by atoms with Crippen LogP contribution in [0.15, 0.2) is 59.5 Å². The molecular formula is C18H18O2S. The van der Waals surface area contributed by atoms with Gasteiger partial charge < -0.3 is 4.74 Å². The van der Waals surface area contributed by atoms with E-state index >= 15 is 0 Å². The second-order valence-corrected chi connectivity index (χ2v) is 5.50. The molecule has 0 aromatic heterocycles. The summed E-state index contributed by atoms with van der Waals surface area (Å²) in [5.41, 5.74) is 3.54. The Balaban J connectivity index is 2.01. The number of methoxy groups -OCH3 is 1. The van der Waals surface area contributed by atoms with Crippen molar-refractivity contribution in [3.05, 3.63) is 71.3 Å². The van der Waals surface area contributed by atoms with E-state index in [1.54, 1.807) is 17.8 Å². The molecule has 2 rings (SSSR count). The van der Waals surface area contributed by atoms with Gasteiger partial charge in [0.25, 0.3) is 0 Å². The summed E-state index contributed by atoms with van der Waals surface area (Å²) >= 11 is 1.75. The number of hydrogen-bond donors (Lipinski definition) is 0. The van der Waals surface area contributed by atoms with Crippen molar-refractivity contribution in [2.45, 2.75) is 11.3 Å². The second kappa shape index (κ2) is 7.70. The van der Waals surface area contributed by atoms with Crippen LogP contribution in [0.3, 0.4) is 0 Å². The summed E-state index contributed by atoms with van der Waals surface area (Å²) in [4.78, 5) is 12.3. The maximum atomic E-state index is 11.0. The van der Waals surface area contributed by atoms with Crippen LogP contribution >= 0.6 is 11.8 Å². The monoisotopic (exact) mass is 298 g/mol. The Morgan fingerprint density at radius 2 is 1.62 bits per heavy atom. The van der Waals surface area contributed by atoms with Gasteiger partial charge in [0.15, 0.2) is 0 Å². The van der Waals surface area contributed by atoms with Crippen LogP contribution in [0, 0.1) is 0 Å². The van der Waals surface area contributed by atoms with Crippen LogP contribution in [-0.4, -0.2) is 19.3 Å². The van der Waals surface area contributed by atoms with Gasteiger partial charge in [-0.25, -0.2) is 4.79 Å². The Bertz CT molecular complexity index is 613. The SMILES string of the molecule is COC(=O)/C=C/c1ccc(Cc2ccc(SC)cc2)cc1. The second-order valence-electron chi connectivity index (χ2n) is 4.62. The topological polar surface area (TPSA) is 26.3 Å². The number of rotatable bonds is 5. The minimum Gasteiger partial charge on any atom is -0.466 e. The van der Waals surface area contributed by atoms with Gasteiger partial charge in [-0.2, -0.15) is 0 Å². The van der Waals surface area contributed by atoms with E-state index in [1.165, 1.54) is 29.2 Å². The summed E-state index contributed by atoms with van der Waals surface area (Å²) in [6.45, 7) is 0. The molecule has 3 heteroatoms. The summed E-state index contributed by atoms with van der Waals surface area (Å²) in [7, 11) is 1.37. The van der Waals surface area contributed by atoms with Crippen LogP contribution in [-0.2, 0) is 16.0 Å². The van der Waals surface area contributed by atoms with Gasteiger partial charge in [-0.05, 0) is 47.6 Å². The fourth-order valence-electron chi connectivity index (χ4n) is 1.96. The van der Waals surface area contributed by atoms with Crippen molar-refractivity contribution in [2.24, 2.45) is 0 Å². The van der Waals surface area contributed by atoms with Crippen molar-refractivity contribution in [3.8, 4) is 0 Å². The molecule has 0 fully saturated rings. The van der Waals surface area contributed by atoms with Crippen LogP contribution in [0.5, 0.6) is 0 Å². The van der Waals surface area contributed by atoms with E-state index in [0.29, 0.717) is 0 Å². The van der Waals surface area contributed by atoms with Gasteiger partial charge in [0.2, 0.25) is 0 Å². The molecule has 2 aromatic carbocycles. The molecule has 0 unspecified atom stereocenters. The minimum atomic E-state index is -0.340. The normalized spacial score (nSPS) is 10.8. The van der Waals surface area contributed by atoms with Gasteiger partial charge in [0.1, 0.15) is 0 Å². The van der Waals surface area contributed by atoms with E-state index in [2.05, 4.69) is 47.4 Å². The fraction of sp³-hybridized carbons (Fsp3) is 0.167. The standard InChI is InChI=1S/C18H18O2S/c1-20-18(19)12-9-14-3-5-15(6-4-14)13-16-7-10-17(21-2)11-8-16/h3-12H,13H2,1-2H3/b12-9+. The van der Waals surface area contributed by atoms with Crippen LogP contribution in [0.2, 0.25) is 0 Å². The first-order chi connectivity index (χ1) is 10.2. The molecule has 0 spiro atoms. The predicted molar refractivity (Wildman–Crippen MR) is 88.5 cm³/mol. The first kappa shape index (κ1) is 15.4. The Hall–Kier alpha value is -2.00. The maximum absolute atomic E-state index is 11.0. The summed E-state index contributed by atoms with van der Waals surface area (Å²) in [6, 6.07) is 16.8. The molecule has 0 heterocycles. The summed E-state index contributed by atoms with van der Waals surface area (Å²) < 4.78 is 4.57. The van der Waals surface area contributed by atoms with Crippen LogP contribution in [0.4, 0.5) is 0 Å². The summed E-state index contributed by atoms with van der Waals surface area (Å²) in [5, 5.41) is 0. The predicted octanol–water partition coefficient (Wildman–Crippen LogP) is 4.19. The third-order valence-electron chi connectivity index (χ3n) is 3.16. The van der Waals surface area contributed by atoms with Gasteiger partial charge in [0, 0.05) is 11.0 Å². The summed E-state index contributed by atoms with van der Waals surface area (Å²) in [6.07, 6.45) is 6.17. The van der Waals surface area contributed by atoms with Crippen LogP contribution < -0.4 is 0 Å². The van der Waals surface area contributed by atoms with Crippen molar-refractivity contribution in [2.75, 3.05) is 13.4 Å². The number of carbonyl (C=O) groups is 1. The molecule has 0 aliphatic heterocycles. The van der Waals surface area contributed by atoms with Gasteiger partial charge in [-0.15, -0.1) is 11.8 Å². The lowest BCUT2D eigenvalue weighted by Gasteiger charge is -2.04. The fourth-order valence-corrected chi connectivity index (χ4v) is 2.37. The van der Waals surface area contributed by atoms with Gasteiger partial charge >= 0.3 is 5.97 Å². The molecule has 0 amide bonds. The molecule has 108 valence electrons. The number of thioether (sulfide) groups is 1. The number of ether oxygens (including phenoxy) is 1. The van der Waals surface area contributed by atoms with Gasteiger partial charge in [0.05, 0.1) is 7.11 Å². The van der Waals surface area contributed by atoms with E-state index in [9.17, 15) is 4.79 Å². The molecule has 0 aliphatic carbocycles. The third kappa shape index (κ3) is 4.80. The maximum Gasteiger partial charge on any atom is 0.330 e. The highest BCUT2D eigenvalue weighted by molar-refractivity contribution is 7.98. The molecule has 21 heavy (non-hydrogen) atoms. The largest absolute Gasteiger partial charge is 0.466 e. The minimum absolute atomic E-state index is 0.340. The zero-order valence-corrected chi connectivity index (χ0v) is 13.0. The van der Waals surface area contributed by atoms with Gasteiger partial charge in [-0.1, -0.05) is 36.4 Å². The van der Waals surface area contributed by atoms with Crippen molar-refractivity contribution < 1.29 is 9.53 Å². The summed E-state index contributed by atoms with van der Waals surface area (Å²) in [5.74, 6) is -0.340. The molecule has 0 bridgehead atoms. The smallest absolute Gasteiger partial charge is 0.330 e. The first-order valence-electron chi connectivity index (χ1n) is 6.69. The average molecular weight is 298 g/mol. The van der Waals surface area contributed by atoms with E-state index in [1.807, 2.05) is 12.1 Å². The van der Waals surface area contributed by atoms with E-state index in [0.717, 1.165) is 12.0 Å². The molecule has 0 radical (unpaired) electrons. The van der Waals surface area contributed by atoms with E-state index < -0.39 is 0 Å². The lowest BCUT2D eigenvalue weighted by atomic mass is 10.0. The number of esters is 1. The zero-order valence-electron chi connectivity index (χ0n) is 12.2. The van der Waals surface area contributed by atoms with E-state index in [4.69, 9.17) is 0 Å². The van der Waals surface area contributed by atoms with Crippen LogP contribution in [0.25, 0.3) is 6.08 Å². The quantitative estimate of drug-likeness (QED) is 0.470. The lowest BCUT2D eigenvalue weighted by molar-refractivity contribution is -0.134. The van der Waals surface area contributed by atoms with Crippen molar-refractivity contribution in [1.82, 2.24) is 0 Å². The number of benzene rings is 2. The molecule has 0 aliphatic rings. The molecule has 0 saturated heterocycles. The van der Waals surface area contributed by atoms with Crippen LogP contribution in [0.1, 0.15) is 16.7 Å². The first-order valence-corrected chi connectivity index (χ1v) is 7.91. The lowest BCUT2D eigenvalue weighted by Crippen LogP contribution is -1.93. The Morgan fingerprint density at radius 3 is 2.14 bits per heavy atom. The van der Waals surface area contributed by atoms with Gasteiger partial charge in [-0.3, -0.25) is 0 Å². The highest BCUT2D eigenvalue weighted by Crippen LogP contribution is 2.17. The molecule has 2 aromatic rings. The average Bonchev–Trinajstić information content (AvgIpc) is 2.54. The number of hydrogen-bond acceptors (Lipinski definition) is 3. The third-order valence-corrected chi connectivity index (χ3v) is 3.90. The van der Waals surface area contributed by atoms with Crippen molar-refractivity contribution >= 4 is 23.8 Å². The van der Waals surface area contributed by atoms with Crippen molar-refractivity contribution in [3.63, 3.8) is 0 Å². The van der Waals surface area contributed by atoms with Crippen molar-refractivity contribution in [1.29, 1.82) is 0 Å². The van der Waals surface area contributed by atoms with E-state index in [-0.39, 0.29) is 5.97 Å². The molecular weight excluding hydrogens is 280 g/mol. The zero-order chi connectivity index (χ0) is 15.1. The highest BCUT2D eigenvalue weighted by Gasteiger charge is 1.98. The number of carbonyl (C=O) groups excluding carboxylic acids is 1. The molecule has 2 nitrogen and oxygen atoms in total.